The molecule has 0 aromatic rings. The summed E-state index contributed by atoms with van der Waals surface area (Å²) in [5.41, 5.74) is 0. The lowest BCUT2D eigenvalue weighted by molar-refractivity contribution is -0.138. The van der Waals surface area contributed by atoms with Crippen molar-refractivity contribution in [2.24, 2.45) is 11.8 Å². The van der Waals surface area contributed by atoms with Gasteiger partial charge in [0.05, 0.1) is 0 Å². The first-order valence-corrected chi connectivity index (χ1v) is 6.14. The van der Waals surface area contributed by atoms with Crippen molar-refractivity contribution in [3.8, 4) is 0 Å². The predicted octanol–water partition coefficient (Wildman–Crippen LogP) is 1.55. The minimum Gasteiger partial charge on any atom is -0.481 e. The number of nitrogens with one attached hydrogen (secondary N) is 1. The average molecular weight is 225 g/mol. The monoisotopic (exact) mass is 225 g/mol. The molecule has 0 bridgehead atoms. The summed E-state index contributed by atoms with van der Waals surface area (Å²) >= 11 is 0. The molecule has 0 spiro atoms. The zero-order valence-corrected chi connectivity index (χ0v) is 9.45. The number of hydrogen-bond donors (Lipinski definition) is 2. The van der Waals surface area contributed by atoms with E-state index < -0.39 is 5.97 Å². The zero-order valence-electron chi connectivity index (χ0n) is 9.45. The van der Waals surface area contributed by atoms with E-state index in [1.165, 1.54) is 12.8 Å². The molecule has 4 nitrogen and oxygen atoms in total. The number of hydrogen-bond acceptors (Lipinski definition) is 2. The van der Waals surface area contributed by atoms with Crippen LogP contribution in [0.3, 0.4) is 0 Å². The standard InChI is InChI=1S/C12H19NO3/c14-11(6-8-1-2-8)13-10-4-3-9(5-10)7-12(15)16/h8-10H,1-7H2,(H,13,14)(H,15,16). The third kappa shape index (κ3) is 3.51. The zero-order chi connectivity index (χ0) is 11.5. The van der Waals surface area contributed by atoms with Gasteiger partial charge in [0, 0.05) is 18.9 Å². The lowest BCUT2D eigenvalue weighted by Gasteiger charge is -2.12. The smallest absolute Gasteiger partial charge is 0.303 e. The first kappa shape index (κ1) is 11.4. The molecule has 0 saturated heterocycles. The number of rotatable bonds is 5. The number of amides is 1. The van der Waals surface area contributed by atoms with Crippen molar-refractivity contribution in [2.75, 3.05) is 0 Å². The van der Waals surface area contributed by atoms with Gasteiger partial charge in [-0.05, 0) is 43.9 Å². The van der Waals surface area contributed by atoms with Crippen molar-refractivity contribution >= 4 is 11.9 Å². The van der Waals surface area contributed by atoms with Crippen LogP contribution in [0.4, 0.5) is 0 Å². The Labute approximate surface area is 95.4 Å². The van der Waals surface area contributed by atoms with Gasteiger partial charge in [0.1, 0.15) is 0 Å². The van der Waals surface area contributed by atoms with E-state index in [0.29, 0.717) is 12.3 Å². The minimum absolute atomic E-state index is 0.156. The maximum absolute atomic E-state index is 11.6. The summed E-state index contributed by atoms with van der Waals surface area (Å²) < 4.78 is 0. The largest absolute Gasteiger partial charge is 0.481 e. The second-order valence-electron chi connectivity index (χ2n) is 5.19. The van der Waals surface area contributed by atoms with E-state index in [0.717, 1.165) is 19.3 Å². The van der Waals surface area contributed by atoms with Crippen LogP contribution in [0.15, 0.2) is 0 Å². The van der Waals surface area contributed by atoms with Crippen molar-refractivity contribution in [3.05, 3.63) is 0 Å². The van der Waals surface area contributed by atoms with E-state index in [1.54, 1.807) is 0 Å². The van der Waals surface area contributed by atoms with Crippen LogP contribution in [0.2, 0.25) is 0 Å². The molecular weight excluding hydrogens is 206 g/mol. The molecule has 0 heterocycles. The summed E-state index contributed by atoms with van der Waals surface area (Å²) in [6.45, 7) is 0. The Morgan fingerprint density at radius 1 is 1.06 bits per heavy atom. The normalized spacial score (nSPS) is 29.0. The first-order valence-electron chi connectivity index (χ1n) is 6.14. The van der Waals surface area contributed by atoms with Crippen molar-refractivity contribution in [1.82, 2.24) is 5.32 Å². The third-order valence-corrected chi connectivity index (χ3v) is 3.54. The molecular formula is C12H19NO3. The van der Waals surface area contributed by atoms with E-state index in [1.807, 2.05) is 0 Å². The molecule has 16 heavy (non-hydrogen) atoms. The fraction of sp³-hybridized carbons (Fsp3) is 0.833. The van der Waals surface area contributed by atoms with Crippen LogP contribution in [0.5, 0.6) is 0 Å². The van der Waals surface area contributed by atoms with Gasteiger partial charge in [-0.1, -0.05) is 0 Å². The highest BCUT2D eigenvalue weighted by atomic mass is 16.4. The van der Waals surface area contributed by atoms with Crippen molar-refractivity contribution in [3.63, 3.8) is 0 Å². The van der Waals surface area contributed by atoms with E-state index in [4.69, 9.17) is 5.11 Å². The molecule has 0 aliphatic heterocycles. The van der Waals surface area contributed by atoms with Gasteiger partial charge in [-0.25, -0.2) is 0 Å². The summed E-state index contributed by atoms with van der Waals surface area (Å²) in [6, 6.07) is 0.218. The van der Waals surface area contributed by atoms with Gasteiger partial charge in [0.15, 0.2) is 0 Å². The minimum atomic E-state index is -0.727. The number of carbonyl (C=O) groups excluding carboxylic acids is 1. The van der Waals surface area contributed by atoms with Crippen molar-refractivity contribution < 1.29 is 14.7 Å². The number of aliphatic carboxylic acids is 1. The van der Waals surface area contributed by atoms with Crippen molar-refractivity contribution in [2.45, 2.75) is 51.0 Å². The van der Waals surface area contributed by atoms with E-state index in [9.17, 15) is 9.59 Å². The van der Waals surface area contributed by atoms with Crippen LogP contribution in [0.1, 0.15) is 44.9 Å². The Kier molecular flexibility index (Phi) is 3.46. The SMILES string of the molecule is O=C(O)CC1CCC(NC(=O)CC2CC2)C1. The summed E-state index contributed by atoms with van der Waals surface area (Å²) in [4.78, 5) is 22.1. The molecule has 2 saturated carbocycles. The molecule has 2 N–H and O–H groups in total. The second-order valence-corrected chi connectivity index (χ2v) is 5.19. The van der Waals surface area contributed by atoms with Gasteiger partial charge >= 0.3 is 5.97 Å². The lowest BCUT2D eigenvalue weighted by Crippen LogP contribution is -2.33. The summed E-state index contributed by atoms with van der Waals surface area (Å²) in [5, 5.41) is 11.7. The van der Waals surface area contributed by atoms with Gasteiger partial charge in [-0.15, -0.1) is 0 Å². The van der Waals surface area contributed by atoms with Crippen LogP contribution in [0, 0.1) is 11.8 Å². The molecule has 2 rings (SSSR count). The molecule has 1 amide bonds. The quantitative estimate of drug-likeness (QED) is 0.746. The molecule has 90 valence electrons. The molecule has 4 heteroatoms. The molecule has 0 radical (unpaired) electrons. The maximum atomic E-state index is 11.6. The Bertz CT molecular complexity index is 286. The molecule has 2 aliphatic rings. The fourth-order valence-electron chi connectivity index (χ4n) is 2.51. The molecule has 2 fully saturated rings. The number of carbonyl (C=O) groups is 2. The molecule has 0 aromatic carbocycles. The summed E-state index contributed by atoms with van der Waals surface area (Å²) in [7, 11) is 0. The Balaban J connectivity index is 1.67. The van der Waals surface area contributed by atoms with Gasteiger partial charge in [0.25, 0.3) is 0 Å². The molecule has 0 aromatic heterocycles. The van der Waals surface area contributed by atoms with Crippen molar-refractivity contribution in [1.29, 1.82) is 0 Å². The van der Waals surface area contributed by atoms with Crippen LogP contribution < -0.4 is 5.32 Å². The van der Waals surface area contributed by atoms with Gasteiger partial charge in [-0.2, -0.15) is 0 Å². The second kappa shape index (κ2) is 4.85. The first-order chi connectivity index (χ1) is 7.63. The topological polar surface area (TPSA) is 66.4 Å². The number of carboxylic acids is 1. The van der Waals surface area contributed by atoms with E-state index in [-0.39, 0.29) is 24.3 Å². The van der Waals surface area contributed by atoms with Gasteiger partial charge < -0.3 is 10.4 Å². The molecule has 2 atom stereocenters. The van der Waals surface area contributed by atoms with E-state index >= 15 is 0 Å². The highest BCUT2D eigenvalue weighted by Crippen LogP contribution is 2.33. The molecule has 2 unspecified atom stereocenters. The Morgan fingerprint density at radius 3 is 2.38 bits per heavy atom. The lowest BCUT2D eigenvalue weighted by atomic mass is 10.0. The van der Waals surface area contributed by atoms with Gasteiger partial charge in [-0.3, -0.25) is 9.59 Å². The van der Waals surface area contributed by atoms with E-state index in [2.05, 4.69) is 5.32 Å². The average Bonchev–Trinajstić information content (AvgIpc) is 2.87. The predicted molar refractivity (Wildman–Crippen MR) is 58.9 cm³/mol. The summed E-state index contributed by atoms with van der Waals surface area (Å²) in [5.74, 6) is 0.304. The third-order valence-electron chi connectivity index (χ3n) is 3.54. The highest BCUT2D eigenvalue weighted by Gasteiger charge is 2.29. The van der Waals surface area contributed by atoms with Crippen LogP contribution >= 0.6 is 0 Å². The molecule has 2 aliphatic carbocycles. The Hall–Kier alpha value is -1.06. The highest BCUT2D eigenvalue weighted by molar-refractivity contribution is 5.76. The fourth-order valence-corrected chi connectivity index (χ4v) is 2.51. The van der Waals surface area contributed by atoms with Crippen LogP contribution in [0.25, 0.3) is 0 Å². The van der Waals surface area contributed by atoms with Crippen LogP contribution in [-0.2, 0) is 9.59 Å². The Morgan fingerprint density at radius 2 is 1.75 bits per heavy atom. The van der Waals surface area contributed by atoms with Gasteiger partial charge in [0.2, 0.25) is 5.91 Å². The number of carboxylic acid groups (broad SMARTS) is 1. The van der Waals surface area contributed by atoms with Crippen LogP contribution in [-0.4, -0.2) is 23.0 Å². The summed E-state index contributed by atoms with van der Waals surface area (Å²) in [6.07, 6.45) is 6.01. The maximum Gasteiger partial charge on any atom is 0.303 e.